The molecule has 33 heavy (non-hydrogen) atoms. The predicted molar refractivity (Wildman–Crippen MR) is 131 cm³/mol. The number of nitrogens with zero attached hydrogens (tertiary/aromatic N) is 1. The van der Waals surface area contributed by atoms with Crippen LogP contribution >= 0.6 is 0 Å². The Kier molecular flexibility index (Phi) is 5.45. The molecule has 0 bridgehead atoms. The first-order chi connectivity index (χ1) is 15.6. The molecule has 1 heterocycles. The highest BCUT2D eigenvalue weighted by Crippen LogP contribution is 2.66. The molecule has 0 unspecified atom stereocenters. The molecule has 0 spiro atoms. The number of carbonyl (C=O) groups excluding carboxylic acids is 2. The largest absolute Gasteiger partial charge is 0.347 e. The highest BCUT2D eigenvalue weighted by atomic mass is 16.2. The number of benzene rings is 1. The van der Waals surface area contributed by atoms with Crippen molar-refractivity contribution >= 4 is 11.8 Å². The summed E-state index contributed by atoms with van der Waals surface area (Å²) in [5.41, 5.74) is 1.12. The Morgan fingerprint density at radius 3 is 2.39 bits per heavy atom. The summed E-state index contributed by atoms with van der Waals surface area (Å²) < 4.78 is 0. The Morgan fingerprint density at radius 1 is 0.970 bits per heavy atom. The van der Waals surface area contributed by atoms with Gasteiger partial charge in [-0.15, -0.1) is 0 Å². The number of piperidine rings is 1. The van der Waals surface area contributed by atoms with Crippen molar-refractivity contribution in [3.05, 3.63) is 35.9 Å². The lowest BCUT2D eigenvalue weighted by Gasteiger charge is -2.61. The molecule has 180 valence electrons. The SMILES string of the molecule is CN1C(=O)CC[C@]2(C)[C@H]3CC[C@]4(C)[C@@H](C(=O)NC(C)(C)c5ccccc5)CC[C@H]4[C@@H]3CC[C@@H]12. The van der Waals surface area contributed by atoms with Gasteiger partial charge in [-0.2, -0.15) is 0 Å². The van der Waals surface area contributed by atoms with Crippen molar-refractivity contribution < 1.29 is 9.59 Å². The summed E-state index contributed by atoms with van der Waals surface area (Å²) in [6.07, 6.45) is 8.63. The van der Waals surface area contributed by atoms with Crippen LogP contribution < -0.4 is 5.32 Å². The van der Waals surface area contributed by atoms with Crippen LogP contribution in [0.4, 0.5) is 0 Å². The first-order valence-corrected chi connectivity index (χ1v) is 13.2. The molecule has 1 aromatic rings. The fourth-order valence-corrected chi connectivity index (χ4v) is 8.90. The van der Waals surface area contributed by atoms with E-state index in [1.165, 1.54) is 19.3 Å². The molecule has 4 aliphatic rings. The molecule has 1 aromatic carbocycles. The summed E-state index contributed by atoms with van der Waals surface area (Å²) in [4.78, 5) is 28.1. The van der Waals surface area contributed by atoms with Crippen LogP contribution in [0, 0.1) is 34.5 Å². The highest BCUT2D eigenvalue weighted by Gasteiger charge is 2.62. The topological polar surface area (TPSA) is 49.4 Å². The number of carbonyl (C=O) groups is 2. The molecule has 0 aromatic heterocycles. The van der Waals surface area contributed by atoms with Crippen molar-refractivity contribution in [1.29, 1.82) is 0 Å². The highest BCUT2D eigenvalue weighted by molar-refractivity contribution is 5.81. The minimum absolute atomic E-state index is 0.0948. The van der Waals surface area contributed by atoms with Crippen LogP contribution in [-0.2, 0) is 15.1 Å². The molecule has 4 nitrogen and oxygen atoms in total. The fraction of sp³-hybridized carbons (Fsp3) is 0.724. The second-order valence-electron chi connectivity index (χ2n) is 12.6. The minimum atomic E-state index is -0.366. The van der Waals surface area contributed by atoms with Gasteiger partial charge >= 0.3 is 0 Å². The lowest BCUT2D eigenvalue weighted by Crippen LogP contribution is -2.61. The van der Waals surface area contributed by atoms with E-state index in [1.807, 2.05) is 25.2 Å². The second kappa shape index (κ2) is 7.85. The minimum Gasteiger partial charge on any atom is -0.347 e. The summed E-state index contributed by atoms with van der Waals surface area (Å²) in [5.74, 6) is 2.70. The van der Waals surface area contributed by atoms with Crippen molar-refractivity contribution in [2.24, 2.45) is 34.5 Å². The van der Waals surface area contributed by atoms with Gasteiger partial charge in [0, 0.05) is 25.4 Å². The lowest BCUT2D eigenvalue weighted by atomic mass is 9.47. The summed E-state index contributed by atoms with van der Waals surface area (Å²) in [5, 5.41) is 3.43. The number of fused-ring (bicyclic) bond motifs is 5. The predicted octanol–water partition coefficient (Wildman–Crippen LogP) is 5.52. The summed E-state index contributed by atoms with van der Waals surface area (Å²) in [6.45, 7) is 9.14. The van der Waals surface area contributed by atoms with E-state index in [1.54, 1.807) is 0 Å². The molecule has 0 radical (unpaired) electrons. The van der Waals surface area contributed by atoms with Crippen molar-refractivity contribution in [3.63, 3.8) is 0 Å². The first-order valence-electron chi connectivity index (χ1n) is 13.2. The number of hydrogen-bond acceptors (Lipinski definition) is 2. The van der Waals surface area contributed by atoms with Gasteiger partial charge in [0.15, 0.2) is 0 Å². The lowest BCUT2D eigenvalue weighted by molar-refractivity contribution is -0.160. The molecule has 4 fully saturated rings. The standard InChI is InChI=1S/C29H42N2O2/c1-27(2,19-9-7-6-8-10-19)30-26(33)23-13-12-21-20-11-14-24-29(4,18-16-25(32)31(24)5)22(20)15-17-28(21,23)3/h6-10,20-24H,11-18H2,1-5H3,(H,30,33)/t20-,21-,22-,23+,24+,28-,29+/m0/s1. The Morgan fingerprint density at radius 2 is 1.67 bits per heavy atom. The van der Waals surface area contributed by atoms with Gasteiger partial charge in [-0.3, -0.25) is 9.59 Å². The molecule has 1 aliphatic heterocycles. The number of nitrogens with one attached hydrogen (secondary N) is 1. The molecule has 7 atom stereocenters. The van der Waals surface area contributed by atoms with Gasteiger partial charge in [-0.1, -0.05) is 44.2 Å². The van der Waals surface area contributed by atoms with Gasteiger partial charge < -0.3 is 10.2 Å². The number of amides is 2. The molecule has 3 aliphatic carbocycles. The Balaban J connectivity index is 1.35. The van der Waals surface area contributed by atoms with Gasteiger partial charge in [0.25, 0.3) is 0 Å². The van der Waals surface area contributed by atoms with Gasteiger partial charge in [0.2, 0.25) is 11.8 Å². The molecule has 3 saturated carbocycles. The maximum atomic E-state index is 13.7. The first kappa shape index (κ1) is 22.9. The van der Waals surface area contributed by atoms with E-state index in [-0.39, 0.29) is 28.2 Å². The van der Waals surface area contributed by atoms with Crippen molar-refractivity contribution in [3.8, 4) is 0 Å². The third-order valence-electron chi connectivity index (χ3n) is 10.8. The molecule has 4 heteroatoms. The van der Waals surface area contributed by atoms with Gasteiger partial charge in [0.05, 0.1) is 5.54 Å². The Bertz CT molecular complexity index is 927. The number of likely N-dealkylation sites (tertiary alicyclic amines) is 1. The Hall–Kier alpha value is -1.84. The summed E-state index contributed by atoms with van der Waals surface area (Å²) in [7, 11) is 2.03. The average Bonchev–Trinajstić information content (AvgIpc) is 3.14. The van der Waals surface area contributed by atoms with E-state index in [0.29, 0.717) is 36.1 Å². The van der Waals surface area contributed by atoms with E-state index in [2.05, 4.69) is 50.0 Å². The van der Waals surface area contributed by atoms with Crippen LogP contribution in [0.3, 0.4) is 0 Å². The van der Waals surface area contributed by atoms with E-state index >= 15 is 0 Å². The normalized spacial score (nSPS) is 40.6. The Labute approximate surface area is 199 Å². The van der Waals surface area contributed by atoms with Crippen LogP contribution in [0.1, 0.15) is 84.6 Å². The quantitative estimate of drug-likeness (QED) is 0.659. The van der Waals surface area contributed by atoms with E-state index in [4.69, 9.17) is 0 Å². The zero-order valence-electron chi connectivity index (χ0n) is 21.2. The van der Waals surface area contributed by atoms with E-state index < -0.39 is 0 Å². The molecule has 2 amide bonds. The molecule has 5 rings (SSSR count). The van der Waals surface area contributed by atoms with Gasteiger partial charge in [0.1, 0.15) is 0 Å². The molecular weight excluding hydrogens is 408 g/mol. The zero-order valence-corrected chi connectivity index (χ0v) is 21.2. The molecule has 1 saturated heterocycles. The van der Waals surface area contributed by atoms with Gasteiger partial charge in [-0.25, -0.2) is 0 Å². The van der Waals surface area contributed by atoms with Crippen molar-refractivity contribution in [1.82, 2.24) is 10.2 Å². The third kappa shape index (κ3) is 3.46. The summed E-state index contributed by atoms with van der Waals surface area (Å²) in [6, 6.07) is 10.7. The van der Waals surface area contributed by atoms with E-state index in [9.17, 15) is 9.59 Å². The second-order valence-corrected chi connectivity index (χ2v) is 12.6. The van der Waals surface area contributed by atoms with Crippen LogP contribution in [-0.4, -0.2) is 29.8 Å². The van der Waals surface area contributed by atoms with Crippen molar-refractivity contribution in [2.75, 3.05) is 7.05 Å². The molecular formula is C29H42N2O2. The smallest absolute Gasteiger partial charge is 0.224 e. The van der Waals surface area contributed by atoms with Crippen LogP contribution in [0.15, 0.2) is 30.3 Å². The number of rotatable bonds is 3. The van der Waals surface area contributed by atoms with Crippen LogP contribution in [0.2, 0.25) is 0 Å². The maximum absolute atomic E-state index is 13.7. The summed E-state index contributed by atoms with van der Waals surface area (Å²) >= 11 is 0. The monoisotopic (exact) mass is 450 g/mol. The average molecular weight is 451 g/mol. The maximum Gasteiger partial charge on any atom is 0.224 e. The van der Waals surface area contributed by atoms with Crippen LogP contribution in [0.5, 0.6) is 0 Å². The molecule has 1 N–H and O–H groups in total. The zero-order chi connectivity index (χ0) is 23.6. The van der Waals surface area contributed by atoms with Gasteiger partial charge in [-0.05, 0) is 92.9 Å². The fourth-order valence-electron chi connectivity index (χ4n) is 8.90. The third-order valence-corrected chi connectivity index (χ3v) is 10.8. The van der Waals surface area contributed by atoms with Crippen LogP contribution in [0.25, 0.3) is 0 Å². The number of hydrogen-bond donors (Lipinski definition) is 1. The van der Waals surface area contributed by atoms with E-state index in [0.717, 1.165) is 31.2 Å². The van der Waals surface area contributed by atoms with Crippen molar-refractivity contribution in [2.45, 2.75) is 90.6 Å².